The lowest BCUT2D eigenvalue weighted by molar-refractivity contribution is -0.167. The van der Waals surface area contributed by atoms with Crippen LogP contribution in [0.1, 0.15) is 348 Å². The Morgan fingerprint density at radius 1 is 0.286 bits per heavy atom. The molecule has 0 fully saturated rings. The van der Waals surface area contributed by atoms with Gasteiger partial charge in [0.2, 0.25) is 0 Å². The van der Waals surface area contributed by atoms with Crippen LogP contribution in [0.15, 0.2) is 24.3 Å². The van der Waals surface area contributed by atoms with E-state index in [4.69, 9.17) is 14.2 Å². The molecule has 0 aliphatic rings. The normalized spacial score (nSPS) is 12.1. The number of allylic oxidation sites excluding steroid dienone is 4. The van der Waals surface area contributed by atoms with Crippen molar-refractivity contribution >= 4 is 17.9 Å². The van der Waals surface area contributed by atoms with Gasteiger partial charge in [-0.3, -0.25) is 14.4 Å². The summed E-state index contributed by atoms with van der Waals surface area (Å²) in [6, 6.07) is 0. The van der Waals surface area contributed by atoms with Gasteiger partial charge in [0.1, 0.15) is 13.2 Å². The van der Waals surface area contributed by atoms with Gasteiger partial charge < -0.3 is 14.2 Å². The van der Waals surface area contributed by atoms with Gasteiger partial charge in [-0.25, -0.2) is 0 Å². The molecule has 0 aliphatic carbocycles. The van der Waals surface area contributed by atoms with Crippen LogP contribution in [-0.2, 0) is 28.6 Å². The molecule has 0 bridgehead atoms. The van der Waals surface area contributed by atoms with Crippen LogP contribution in [0.3, 0.4) is 0 Å². The van der Waals surface area contributed by atoms with Crippen molar-refractivity contribution in [2.75, 3.05) is 13.2 Å². The maximum absolute atomic E-state index is 12.8. The summed E-state index contributed by atoms with van der Waals surface area (Å²) in [6.45, 7) is 6.64. The average molecular weight is 986 g/mol. The Bertz CT molecular complexity index is 1130. The number of carbonyl (C=O) groups excluding carboxylic acids is 3. The fourth-order valence-corrected chi connectivity index (χ4v) is 9.46. The quantitative estimate of drug-likeness (QED) is 0.0261. The fourth-order valence-electron chi connectivity index (χ4n) is 9.46. The lowest BCUT2D eigenvalue weighted by Gasteiger charge is -2.18. The van der Waals surface area contributed by atoms with Crippen LogP contribution in [0.2, 0.25) is 0 Å². The molecule has 0 saturated carbocycles. The van der Waals surface area contributed by atoms with E-state index in [1.807, 2.05) is 0 Å². The zero-order chi connectivity index (χ0) is 50.7. The van der Waals surface area contributed by atoms with Crippen molar-refractivity contribution in [3.05, 3.63) is 24.3 Å². The molecule has 0 spiro atoms. The molecule has 0 aromatic carbocycles. The summed E-state index contributed by atoms with van der Waals surface area (Å²) >= 11 is 0. The van der Waals surface area contributed by atoms with Crippen molar-refractivity contribution in [3.8, 4) is 0 Å². The lowest BCUT2D eigenvalue weighted by Crippen LogP contribution is -2.30. The molecule has 0 N–H and O–H groups in total. The molecule has 0 radical (unpaired) electrons. The molecule has 0 heterocycles. The molecule has 0 saturated heterocycles. The van der Waals surface area contributed by atoms with E-state index in [1.165, 1.54) is 225 Å². The van der Waals surface area contributed by atoms with Gasteiger partial charge >= 0.3 is 17.9 Å². The van der Waals surface area contributed by atoms with E-state index in [0.717, 1.165) is 83.5 Å². The van der Waals surface area contributed by atoms with E-state index in [0.29, 0.717) is 19.3 Å². The predicted octanol–water partition coefficient (Wildman–Crippen LogP) is 21.1. The second-order valence-electron chi connectivity index (χ2n) is 21.3. The van der Waals surface area contributed by atoms with Gasteiger partial charge in [0.25, 0.3) is 0 Å². The first kappa shape index (κ1) is 67.9. The minimum absolute atomic E-state index is 0.0716. The summed E-state index contributed by atoms with van der Waals surface area (Å²) in [5, 5.41) is 0. The van der Waals surface area contributed by atoms with Gasteiger partial charge in [-0.2, -0.15) is 0 Å². The molecule has 0 amide bonds. The highest BCUT2D eigenvalue weighted by Gasteiger charge is 2.19. The van der Waals surface area contributed by atoms with Gasteiger partial charge in [-0.1, -0.05) is 308 Å². The van der Waals surface area contributed by atoms with Crippen LogP contribution in [0.25, 0.3) is 0 Å². The fraction of sp³-hybridized carbons (Fsp3) is 0.891. The zero-order valence-corrected chi connectivity index (χ0v) is 47.3. The standard InChI is InChI=1S/C64H120O6/c1-4-7-10-13-16-19-22-24-26-27-28-29-30-31-32-33-34-35-36-37-38-40-42-45-48-51-54-57-63(66)69-60-61(59-68-62(65)56-53-50-47-44-41-21-18-15-12-9-6-3)70-64(67)58-55-52-49-46-43-39-25-23-20-17-14-11-8-5-2/h14,17,23,25,61H,4-13,15-16,18-22,24,26-60H2,1-3H3/b17-14-,25-23-. The van der Waals surface area contributed by atoms with Crippen molar-refractivity contribution < 1.29 is 28.6 Å². The molecular formula is C64H120O6. The predicted molar refractivity (Wildman–Crippen MR) is 303 cm³/mol. The highest BCUT2D eigenvalue weighted by atomic mass is 16.6. The van der Waals surface area contributed by atoms with Crippen molar-refractivity contribution in [1.29, 1.82) is 0 Å². The molecule has 70 heavy (non-hydrogen) atoms. The largest absolute Gasteiger partial charge is 0.462 e. The molecule has 0 aromatic heterocycles. The SMILES string of the molecule is CCCC/C=C\C/C=C\CCCCCCCC(=O)OC(COC(=O)CCCCCCCCCCCCC)COC(=O)CCCCCCCCCCCCCCCCCCCCCCCCCCCCC. The third-order valence-electron chi connectivity index (χ3n) is 14.2. The first-order valence-corrected chi connectivity index (χ1v) is 31.3. The first-order chi connectivity index (χ1) is 34.5. The van der Waals surface area contributed by atoms with E-state index >= 15 is 0 Å². The molecule has 6 nitrogen and oxygen atoms in total. The Labute approximate surface area is 436 Å². The zero-order valence-electron chi connectivity index (χ0n) is 47.3. The van der Waals surface area contributed by atoms with Gasteiger partial charge in [-0.15, -0.1) is 0 Å². The van der Waals surface area contributed by atoms with Crippen molar-refractivity contribution in [1.82, 2.24) is 0 Å². The monoisotopic (exact) mass is 985 g/mol. The van der Waals surface area contributed by atoms with Gasteiger partial charge in [-0.05, 0) is 44.9 Å². The summed E-state index contributed by atoms with van der Waals surface area (Å²) in [4.78, 5) is 38.1. The molecule has 1 atom stereocenters. The first-order valence-electron chi connectivity index (χ1n) is 31.3. The number of rotatable bonds is 58. The minimum Gasteiger partial charge on any atom is -0.462 e. The van der Waals surface area contributed by atoms with Gasteiger partial charge in [0.05, 0.1) is 0 Å². The summed E-state index contributed by atoms with van der Waals surface area (Å²) in [5.41, 5.74) is 0. The van der Waals surface area contributed by atoms with Gasteiger partial charge in [0, 0.05) is 19.3 Å². The second kappa shape index (κ2) is 59.5. The summed E-state index contributed by atoms with van der Waals surface area (Å²) in [5.74, 6) is -0.864. The van der Waals surface area contributed by atoms with Crippen LogP contribution in [0.4, 0.5) is 0 Å². The van der Waals surface area contributed by atoms with Crippen LogP contribution >= 0.6 is 0 Å². The van der Waals surface area contributed by atoms with E-state index in [9.17, 15) is 14.4 Å². The van der Waals surface area contributed by atoms with Crippen LogP contribution in [0, 0.1) is 0 Å². The number of ether oxygens (including phenoxy) is 3. The number of unbranched alkanes of at least 4 members (excludes halogenated alkanes) is 43. The number of hydrogen-bond acceptors (Lipinski definition) is 6. The highest BCUT2D eigenvalue weighted by Crippen LogP contribution is 2.18. The Kier molecular flexibility index (Phi) is 57.7. The number of hydrogen-bond donors (Lipinski definition) is 0. The van der Waals surface area contributed by atoms with Crippen molar-refractivity contribution in [3.63, 3.8) is 0 Å². The molecule has 0 aliphatic heterocycles. The third-order valence-corrected chi connectivity index (χ3v) is 14.2. The molecular weight excluding hydrogens is 865 g/mol. The van der Waals surface area contributed by atoms with Crippen molar-refractivity contribution in [2.45, 2.75) is 354 Å². The Balaban J connectivity index is 4.13. The summed E-state index contributed by atoms with van der Waals surface area (Å²) < 4.78 is 16.9. The molecule has 1 unspecified atom stereocenters. The van der Waals surface area contributed by atoms with Gasteiger partial charge in [0.15, 0.2) is 6.10 Å². The average Bonchev–Trinajstić information content (AvgIpc) is 3.36. The molecule has 6 heteroatoms. The Hall–Kier alpha value is -2.11. The summed E-state index contributed by atoms with van der Waals surface area (Å²) in [6.07, 6.45) is 70.6. The van der Waals surface area contributed by atoms with E-state index in [1.54, 1.807) is 0 Å². The van der Waals surface area contributed by atoms with Crippen LogP contribution in [-0.4, -0.2) is 37.2 Å². The topological polar surface area (TPSA) is 78.9 Å². The Morgan fingerprint density at radius 2 is 0.529 bits per heavy atom. The maximum Gasteiger partial charge on any atom is 0.306 e. The number of esters is 3. The van der Waals surface area contributed by atoms with Crippen molar-refractivity contribution in [2.24, 2.45) is 0 Å². The van der Waals surface area contributed by atoms with E-state index in [-0.39, 0.29) is 31.1 Å². The minimum atomic E-state index is -0.773. The summed E-state index contributed by atoms with van der Waals surface area (Å²) in [7, 11) is 0. The number of carbonyl (C=O) groups is 3. The molecule has 0 aromatic rings. The third kappa shape index (κ3) is 56.8. The molecule has 412 valence electrons. The van der Waals surface area contributed by atoms with E-state index < -0.39 is 6.10 Å². The smallest absolute Gasteiger partial charge is 0.306 e. The lowest BCUT2D eigenvalue weighted by atomic mass is 10.0. The Morgan fingerprint density at radius 3 is 0.829 bits per heavy atom. The highest BCUT2D eigenvalue weighted by molar-refractivity contribution is 5.71. The maximum atomic E-state index is 12.8. The second-order valence-corrected chi connectivity index (χ2v) is 21.3. The molecule has 0 rings (SSSR count). The van der Waals surface area contributed by atoms with Crippen LogP contribution < -0.4 is 0 Å². The van der Waals surface area contributed by atoms with E-state index in [2.05, 4.69) is 45.1 Å². The van der Waals surface area contributed by atoms with Crippen LogP contribution in [0.5, 0.6) is 0 Å².